The van der Waals surface area contributed by atoms with E-state index in [4.69, 9.17) is 14.3 Å². The fourth-order valence-electron chi connectivity index (χ4n) is 2.54. The SMILES string of the molecule is CCCCCC(C)=CCC/C(C)=C/CCCC(P(=O)(O)O)S(=O)(=O)O. The quantitative estimate of drug-likeness (QED) is 0.178. The van der Waals surface area contributed by atoms with Crippen molar-refractivity contribution < 1.29 is 27.3 Å². The van der Waals surface area contributed by atoms with Gasteiger partial charge >= 0.3 is 7.60 Å². The first-order chi connectivity index (χ1) is 11.5. The maximum atomic E-state index is 11.1. The summed E-state index contributed by atoms with van der Waals surface area (Å²) in [5.74, 6) is 0. The van der Waals surface area contributed by atoms with E-state index in [2.05, 4.69) is 19.9 Å². The van der Waals surface area contributed by atoms with Crippen LogP contribution in [0.15, 0.2) is 23.3 Å². The van der Waals surface area contributed by atoms with Gasteiger partial charge in [0.2, 0.25) is 0 Å². The van der Waals surface area contributed by atoms with Crippen LogP contribution >= 0.6 is 7.60 Å². The van der Waals surface area contributed by atoms with Gasteiger partial charge in [-0.05, 0) is 58.8 Å². The van der Waals surface area contributed by atoms with Gasteiger partial charge in [0.1, 0.15) is 0 Å². The van der Waals surface area contributed by atoms with Crippen molar-refractivity contribution in [1.29, 1.82) is 0 Å². The minimum atomic E-state index is -4.87. The molecule has 6 nitrogen and oxygen atoms in total. The van der Waals surface area contributed by atoms with Crippen LogP contribution in [0.25, 0.3) is 0 Å². The highest BCUT2D eigenvalue weighted by molar-refractivity contribution is 7.93. The van der Waals surface area contributed by atoms with Gasteiger partial charge in [-0.1, -0.05) is 43.1 Å². The van der Waals surface area contributed by atoms with Gasteiger partial charge in [-0.3, -0.25) is 9.12 Å². The van der Waals surface area contributed by atoms with Crippen molar-refractivity contribution in [2.24, 2.45) is 0 Å². The molecule has 3 N–H and O–H groups in total. The first kappa shape index (κ1) is 24.5. The lowest BCUT2D eigenvalue weighted by molar-refractivity contribution is 0.360. The highest BCUT2D eigenvalue weighted by Gasteiger charge is 2.38. The van der Waals surface area contributed by atoms with Crippen molar-refractivity contribution in [2.75, 3.05) is 0 Å². The topological polar surface area (TPSA) is 112 Å². The minimum Gasteiger partial charge on any atom is -0.323 e. The Labute approximate surface area is 152 Å². The van der Waals surface area contributed by atoms with Crippen LogP contribution in [0.3, 0.4) is 0 Å². The van der Waals surface area contributed by atoms with Crippen molar-refractivity contribution in [3.63, 3.8) is 0 Å². The van der Waals surface area contributed by atoms with E-state index in [9.17, 15) is 13.0 Å². The zero-order valence-corrected chi connectivity index (χ0v) is 17.2. The molecule has 0 heterocycles. The maximum Gasteiger partial charge on any atom is 0.346 e. The highest BCUT2D eigenvalue weighted by Crippen LogP contribution is 2.46. The van der Waals surface area contributed by atoms with Gasteiger partial charge in [0, 0.05) is 0 Å². The van der Waals surface area contributed by atoms with Crippen molar-refractivity contribution in [3.05, 3.63) is 23.3 Å². The molecule has 148 valence electrons. The average Bonchev–Trinajstić information content (AvgIpc) is 2.44. The first-order valence-electron chi connectivity index (χ1n) is 8.81. The summed E-state index contributed by atoms with van der Waals surface area (Å²) in [5.41, 5.74) is 2.57. The molecule has 0 aliphatic heterocycles. The Bertz CT molecular complexity index is 588. The molecule has 0 bridgehead atoms. The number of rotatable bonds is 13. The summed E-state index contributed by atoms with van der Waals surface area (Å²) in [7, 11) is -9.62. The second-order valence-corrected chi connectivity index (χ2v) is 10.3. The molecule has 0 rings (SSSR count). The normalized spacial score (nSPS) is 15.4. The van der Waals surface area contributed by atoms with Crippen LogP contribution in [-0.2, 0) is 14.7 Å². The third-order valence-corrected chi connectivity index (χ3v) is 7.63. The van der Waals surface area contributed by atoms with Crippen LogP contribution in [0.4, 0.5) is 0 Å². The van der Waals surface area contributed by atoms with Gasteiger partial charge in [0.15, 0.2) is 4.99 Å². The van der Waals surface area contributed by atoms with E-state index in [1.54, 1.807) is 0 Å². The lowest BCUT2D eigenvalue weighted by Crippen LogP contribution is -2.20. The molecule has 0 radical (unpaired) electrons. The summed E-state index contributed by atoms with van der Waals surface area (Å²) in [6, 6.07) is 0. The summed E-state index contributed by atoms with van der Waals surface area (Å²) in [5, 5.41) is 0. The zero-order chi connectivity index (χ0) is 19.5. The second-order valence-electron chi connectivity index (χ2n) is 6.59. The molecule has 0 spiro atoms. The smallest absolute Gasteiger partial charge is 0.323 e. The summed E-state index contributed by atoms with van der Waals surface area (Å²) in [6.07, 6.45) is 11.5. The van der Waals surface area contributed by atoms with Gasteiger partial charge in [0.05, 0.1) is 0 Å². The fraction of sp³-hybridized carbons (Fsp3) is 0.765. The van der Waals surface area contributed by atoms with E-state index in [-0.39, 0.29) is 6.42 Å². The standard InChI is InChI=1S/C17H33O6PS/c1-4-5-6-10-15(2)12-9-13-16(3)11-7-8-14-17(24(18,19)20)25(21,22)23/h11-12,17H,4-10,13-14H2,1-3H3,(H2,18,19,20)(H,21,22,23)/b15-12?,16-11+. The zero-order valence-electron chi connectivity index (χ0n) is 15.5. The van der Waals surface area contributed by atoms with Crippen LogP contribution in [-0.4, -0.2) is 27.7 Å². The summed E-state index contributed by atoms with van der Waals surface area (Å²) in [6.45, 7) is 6.32. The molecular formula is C17H33O6PS. The molecule has 1 atom stereocenters. The number of hydrogen-bond acceptors (Lipinski definition) is 3. The molecule has 0 fully saturated rings. The van der Waals surface area contributed by atoms with Crippen LogP contribution in [0.2, 0.25) is 0 Å². The van der Waals surface area contributed by atoms with Crippen molar-refractivity contribution >= 4 is 17.7 Å². The van der Waals surface area contributed by atoms with Crippen molar-refractivity contribution in [3.8, 4) is 0 Å². The summed E-state index contributed by atoms with van der Waals surface area (Å²) >= 11 is 0. The van der Waals surface area contributed by atoms with E-state index in [0.29, 0.717) is 12.8 Å². The Morgan fingerprint density at radius 3 is 2.08 bits per heavy atom. The molecule has 0 amide bonds. The predicted molar refractivity (Wildman–Crippen MR) is 102 cm³/mol. The molecule has 25 heavy (non-hydrogen) atoms. The van der Waals surface area contributed by atoms with Gasteiger partial charge in [-0.25, -0.2) is 0 Å². The third kappa shape index (κ3) is 12.5. The monoisotopic (exact) mass is 396 g/mol. The Hall–Kier alpha value is -0.460. The predicted octanol–water partition coefficient (Wildman–Crippen LogP) is 4.80. The van der Waals surface area contributed by atoms with Crippen LogP contribution in [0.5, 0.6) is 0 Å². The molecule has 8 heteroatoms. The minimum absolute atomic E-state index is 0.261. The first-order valence-corrected chi connectivity index (χ1v) is 12.0. The van der Waals surface area contributed by atoms with Gasteiger partial charge in [0.25, 0.3) is 10.1 Å². The number of hydrogen-bond donors (Lipinski definition) is 3. The molecule has 0 saturated heterocycles. The lowest BCUT2D eigenvalue weighted by Gasteiger charge is -2.14. The molecule has 0 aromatic rings. The van der Waals surface area contributed by atoms with Crippen molar-refractivity contribution in [1.82, 2.24) is 0 Å². The maximum absolute atomic E-state index is 11.1. The average molecular weight is 396 g/mol. The van der Waals surface area contributed by atoms with Crippen LogP contribution in [0, 0.1) is 0 Å². The van der Waals surface area contributed by atoms with Gasteiger partial charge in [-0.15, -0.1) is 0 Å². The molecule has 0 aliphatic carbocycles. The van der Waals surface area contributed by atoms with Gasteiger partial charge in [-0.2, -0.15) is 8.42 Å². The molecular weight excluding hydrogens is 363 g/mol. The van der Waals surface area contributed by atoms with E-state index in [1.807, 2.05) is 13.0 Å². The largest absolute Gasteiger partial charge is 0.346 e. The highest BCUT2D eigenvalue weighted by atomic mass is 32.2. The fourth-order valence-corrected chi connectivity index (χ4v) is 4.91. The molecule has 0 aromatic heterocycles. The Morgan fingerprint density at radius 1 is 1.00 bits per heavy atom. The third-order valence-electron chi connectivity index (χ3n) is 4.07. The second kappa shape index (κ2) is 12.0. The molecule has 1 unspecified atom stereocenters. The van der Waals surface area contributed by atoms with E-state index in [0.717, 1.165) is 24.8 Å². The van der Waals surface area contributed by atoms with Crippen LogP contribution in [0.1, 0.15) is 78.6 Å². The summed E-state index contributed by atoms with van der Waals surface area (Å²) < 4.78 is 42.2. The van der Waals surface area contributed by atoms with Crippen molar-refractivity contribution in [2.45, 2.75) is 83.5 Å². The Kier molecular flexibility index (Phi) is 11.8. The van der Waals surface area contributed by atoms with E-state index >= 15 is 0 Å². The molecule has 0 saturated carbocycles. The van der Waals surface area contributed by atoms with Crippen LogP contribution < -0.4 is 0 Å². The Morgan fingerprint density at radius 2 is 1.56 bits per heavy atom. The number of allylic oxidation sites excluding steroid dienone is 4. The van der Waals surface area contributed by atoms with E-state index in [1.165, 1.54) is 24.8 Å². The number of unbranched alkanes of at least 4 members (excludes halogenated alkanes) is 3. The lowest BCUT2D eigenvalue weighted by atomic mass is 10.0. The molecule has 0 aliphatic rings. The van der Waals surface area contributed by atoms with E-state index < -0.39 is 22.7 Å². The van der Waals surface area contributed by atoms with Gasteiger partial charge < -0.3 is 9.79 Å². The Balaban J connectivity index is 4.25. The summed E-state index contributed by atoms with van der Waals surface area (Å²) in [4.78, 5) is 16.0. The molecule has 0 aromatic carbocycles.